The Labute approximate surface area is 153 Å². The predicted molar refractivity (Wildman–Crippen MR) is 104 cm³/mol. The van der Waals surface area contributed by atoms with Gasteiger partial charge in [0.1, 0.15) is 5.82 Å². The molecule has 1 aliphatic rings. The number of nitrogens with zero attached hydrogens (tertiary/aromatic N) is 3. The van der Waals surface area contributed by atoms with E-state index in [9.17, 15) is 4.79 Å². The highest BCUT2D eigenvalue weighted by Crippen LogP contribution is 2.21. The van der Waals surface area contributed by atoms with E-state index >= 15 is 0 Å². The fraction of sp³-hybridized carbons (Fsp3) is 0.333. The summed E-state index contributed by atoms with van der Waals surface area (Å²) in [6.45, 7) is 2.33. The number of piperidine rings is 1. The molecule has 0 unspecified atom stereocenters. The van der Waals surface area contributed by atoms with Gasteiger partial charge in [-0.05, 0) is 42.7 Å². The molecule has 3 aromatic rings. The van der Waals surface area contributed by atoms with Gasteiger partial charge in [0, 0.05) is 32.2 Å². The Bertz CT molecular complexity index is 913. The first-order valence-electron chi connectivity index (χ1n) is 9.23. The first kappa shape index (κ1) is 16.8. The average Bonchev–Trinajstić information content (AvgIpc) is 2.99. The van der Waals surface area contributed by atoms with Crippen molar-refractivity contribution in [3.05, 3.63) is 59.9 Å². The second-order valence-corrected chi connectivity index (χ2v) is 6.85. The van der Waals surface area contributed by atoms with E-state index in [1.54, 1.807) is 0 Å². The zero-order valence-corrected chi connectivity index (χ0v) is 15.1. The Morgan fingerprint density at radius 1 is 1.04 bits per heavy atom. The van der Waals surface area contributed by atoms with Crippen LogP contribution in [0.5, 0.6) is 0 Å². The van der Waals surface area contributed by atoms with Gasteiger partial charge in [0.05, 0.1) is 17.6 Å². The number of aromatic nitrogens is 2. The number of hydrogen-bond acceptors (Lipinski definition) is 3. The molecule has 1 fully saturated rings. The first-order valence-corrected chi connectivity index (χ1v) is 9.23. The van der Waals surface area contributed by atoms with E-state index in [0.717, 1.165) is 55.0 Å². The third-order valence-corrected chi connectivity index (χ3v) is 5.06. The molecule has 1 N–H and O–H groups in total. The van der Waals surface area contributed by atoms with Crippen LogP contribution >= 0.6 is 0 Å². The summed E-state index contributed by atoms with van der Waals surface area (Å²) in [5, 5.41) is 3.46. The molecule has 0 radical (unpaired) electrons. The van der Waals surface area contributed by atoms with Crippen molar-refractivity contribution in [3.8, 4) is 0 Å². The van der Waals surface area contributed by atoms with Gasteiger partial charge in [-0.15, -0.1) is 0 Å². The Kier molecular flexibility index (Phi) is 4.71. The molecule has 26 heavy (non-hydrogen) atoms. The van der Waals surface area contributed by atoms with Crippen LogP contribution < -0.4 is 10.2 Å². The lowest BCUT2D eigenvalue weighted by atomic mass is 10.1. The summed E-state index contributed by atoms with van der Waals surface area (Å²) in [5.41, 5.74) is 4.40. The lowest BCUT2D eigenvalue weighted by molar-refractivity contribution is -0.119. The van der Waals surface area contributed by atoms with Crippen molar-refractivity contribution >= 4 is 22.6 Å². The summed E-state index contributed by atoms with van der Waals surface area (Å²) in [4.78, 5) is 18.6. The Hall–Kier alpha value is -2.66. The van der Waals surface area contributed by atoms with Crippen molar-refractivity contribution in [1.29, 1.82) is 0 Å². The fourth-order valence-electron chi connectivity index (χ4n) is 3.54. The van der Waals surface area contributed by atoms with Gasteiger partial charge in [-0.1, -0.05) is 24.3 Å². The minimum atomic E-state index is 0.240. The number of anilines is 1. The Balaban J connectivity index is 1.37. The molecule has 1 amide bonds. The van der Waals surface area contributed by atoms with Crippen LogP contribution in [-0.2, 0) is 24.9 Å². The number of para-hydroxylation sites is 2. The molecular weight excluding hydrogens is 324 g/mol. The van der Waals surface area contributed by atoms with E-state index in [2.05, 4.69) is 52.2 Å². The van der Waals surface area contributed by atoms with Crippen molar-refractivity contribution in [1.82, 2.24) is 14.9 Å². The zero-order valence-electron chi connectivity index (χ0n) is 15.1. The van der Waals surface area contributed by atoms with Gasteiger partial charge in [0.15, 0.2) is 0 Å². The SMILES string of the molecule is Cn1c(CNCc2ccc(N3CCCCC3=O)cc2)nc2ccccc21. The maximum absolute atomic E-state index is 12.0. The van der Waals surface area contributed by atoms with Crippen molar-refractivity contribution < 1.29 is 4.79 Å². The minimum Gasteiger partial charge on any atom is -0.330 e. The van der Waals surface area contributed by atoms with Gasteiger partial charge in [-0.25, -0.2) is 4.98 Å². The summed E-state index contributed by atoms with van der Waals surface area (Å²) in [7, 11) is 2.05. The average molecular weight is 348 g/mol. The van der Waals surface area contributed by atoms with Gasteiger partial charge in [0.2, 0.25) is 5.91 Å². The quantitative estimate of drug-likeness (QED) is 0.769. The van der Waals surface area contributed by atoms with E-state index in [1.807, 2.05) is 23.1 Å². The summed E-state index contributed by atoms with van der Waals surface area (Å²) in [6.07, 6.45) is 2.77. The monoisotopic (exact) mass is 348 g/mol. The van der Waals surface area contributed by atoms with Gasteiger partial charge in [-0.2, -0.15) is 0 Å². The molecule has 0 atom stereocenters. The van der Waals surface area contributed by atoms with Crippen LogP contribution in [0.2, 0.25) is 0 Å². The normalized spacial score (nSPS) is 15.0. The number of imidazole rings is 1. The van der Waals surface area contributed by atoms with Crippen LogP contribution in [-0.4, -0.2) is 22.0 Å². The van der Waals surface area contributed by atoms with Crippen LogP contribution in [0.4, 0.5) is 5.69 Å². The number of nitrogens with one attached hydrogen (secondary N) is 1. The van der Waals surface area contributed by atoms with Crippen molar-refractivity contribution in [2.75, 3.05) is 11.4 Å². The van der Waals surface area contributed by atoms with Crippen molar-refractivity contribution in [2.45, 2.75) is 32.4 Å². The molecule has 0 spiro atoms. The molecule has 4 rings (SSSR count). The van der Waals surface area contributed by atoms with Crippen LogP contribution in [0.3, 0.4) is 0 Å². The summed E-state index contributed by atoms with van der Waals surface area (Å²) < 4.78 is 2.13. The molecule has 0 bridgehead atoms. The molecular formula is C21H24N4O. The van der Waals surface area contributed by atoms with Crippen LogP contribution in [0.15, 0.2) is 48.5 Å². The zero-order chi connectivity index (χ0) is 17.9. The number of amides is 1. The molecule has 1 saturated heterocycles. The van der Waals surface area contributed by atoms with Gasteiger partial charge >= 0.3 is 0 Å². The molecule has 0 saturated carbocycles. The summed E-state index contributed by atoms with van der Waals surface area (Å²) in [6, 6.07) is 16.5. The largest absolute Gasteiger partial charge is 0.330 e. The van der Waals surface area contributed by atoms with Gasteiger partial charge in [0.25, 0.3) is 0 Å². The highest BCUT2D eigenvalue weighted by atomic mass is 16.2. The number of fused-ring (bicyclic) bond motifs is 1. The van der Waals surface area contributed by atoms with E-state index in [0.29, 0.717) is 6.42 Å². The van der Waals surface area contributed by atoms with Crippen LogP contribution in [0, 0.1) is 0 Å². The molecule has 2 aromatic carbocycles. The maximum Gasteiger partial charge on any atom is 0.226 e. The number of benzene rings is 2. The molecule has 1 aliphatic heterocycles. The number of rotatable bonds is 5. The van der Waals surface area contributed by atoms with Crippen LogP contribution in [0.25, 0.3) is 11.0 Å². The molecule has 5 nitrogen and oxygen atoms in total. The number of aryl methyl sites for hydroxylation is 1. The Morgan fingerprint density at radius 2 is 1.85 bits per heavy atom. The van der Waals surface area contributed by atoms with E-state index in [1.165, 1.54) is 5.56 Å². The summed E-state index contributed by atoms with van der Waals surface area (Å²) in [5.74, 6) is 1.27. The maximum atomic E-state index is 12.0. The van der Waals surface area contributed by atoms with E-state index in [-0.39, 0.29) is 5.91 Å². The second kappa shape index (κ2) is 7.30. The number of carbonyl (C=O) groups excluding carboxylic acids is 1. The summed E-state index contributed by atoms with van der Waals surface area (Å²) >= 11 is 0. The number of carbonyl (C=O) groups is 1. The molecule has 1 aromatic heterocycles. The predicted octanol–water partition coefficient (Wildman–Crippen LogP) is 3.38. The fourth-order valence-corrected chi connectivity index (χ4v) is 3.54. The smallest absolute Gasteiger partial charge is 0.226 e. The van der Waals surface area contributed by atoms with E-state index < -0.39 is 0 Å². The molecule has 0 aliphatic carbocycles. The number of hydrogen-bond donors (Lipinski definition) is 1. The molecule has 134 valence electrons. The molecule has 2 heterocycles. The third kappa shape index (κ3) is 3.35. The topological polar surface area (TPSA) is 50.2 Å². The Morgan fingerprint density at radius 3 is 2.62 bits per heavy atom. The lowest BCUT2D eigenvalue weighted by Gasteiger charge is -2.26. The highest BCUT2D eigenvalue weighted by Gasteiger charge is 2.19. The van der Waals surface area contributed by atoms with E-state index in [4.69, 9.17) is 0 Å². The lowest BCUT2D eigenvalue weighted by Crippen LogP contribution is -2.35. The van der Waals surface area contributed by atoms with Gasteiger partial charge < -0.3 is 14.8 Å². The van der Waals surface area contributed by atoms with Crippen molar-refractivity contribution in [2.24, 2.45) is 7.05 Å². The first-order chi connectivity index (χ1) is 12.7. The highest BCUT2D eigenvalue weighted by molar-refractivity contribution is 5.93. The van der Waals surface area contributed by atoms with Gasteiger partial charge in [-0.3, -0.25) is 4.79 Å². The molecule has 5 heteroatoms. The third-order valence-electron chi connectivity index (χ3n) is 5.06. The van der Waals surface area contributed by atoms with Crippen molar-refractivity contribution in [3.63, 3.8) is 0 Å². The van der Waals surface area contributed by atoms with Crippen LogP contribution in [0.1, 0.15) is 30.7 Å². The minimum absolute atomic E-state index is 0.240. The standard InChI is InChI=1S/C21H24N4O/c1-24-19-7-3-2-6-18(19)23-20(24)15-22-14-16-9-11-17(12-10-16)25-13-5-4-8-21(25)26/h2-3,6-7,9-12,22H,4-5,8,13-15H2,1H3. The second-order valence-electron chi connectivity index (χ2n) is 6.85.